The van der Waals surface area contributed by atoms with Gasteiger partial charge in [0.25, 0.3) is 0 Å². The van der Waals surface area contributed by atoms with Crippen molar-refractivity contribution < 1.29 is 4.79 Å². The van der Waals surface area contributed by atoms with E-state index >= 15 is 0 Å². The highest BCUT2D eigenvalue weighted by molar-refractivity contribution is 6.30. The molecule has 0 fully saturated rings. The van der Waals surface area contributed by atoms with Gasteiger partial charge in [-0.2, -0.15) is 0 Å². The fourth-order valence-electron chi connectivity index (χ4n) is 1.25. The quantitative estimate of drug-likeness (QED) is 0.425. The molecule has 14 heavy (non-hydrogen) atoms. The lowest BCUT2D eigenvalue weighted by Crippen LogP contribution is -1.90. The molecule has 0 bridgehead atoms. The Balaban J connectivity index is 2.51. The van der Waals surface area contributed by atoms with Gasteiger partial charge in [-0.25, -0.2) is 0 Å². The molecule has 1 aromatic rings. The van der Waals surface area contributed by atoms with Crippen molar-refractivity contribution in [3.05, 3.63) is 34.9 Å². The van der Waals surface area contributed by atoms with Crippen molar-refractivity contribution in [2.45, 2.75) is 24.6 Å². The molecule has 0 aliphatic carbocycles. The van der Waals surface area contributed by atoms with E-state index in [9.17, 15) is 4.79 Å². The van der Waals surface area contributed by atoms with Crippen molar-refractivity contribution >= 4 is 29.5 Å². The largest absolute Gasteiger partial charge is 0.303 e. The van der Waals surface area contributed by atoms with Crippen LogP contribution in [0.5, 0.6) is 0 Å². The molecular formula is C11H12Cl2O. The molecule has 0 aliphatic heterocycles. The number of hydrogen-bond acceptors (Lipinski definition) is 1. The summed E-state index contributed by atoms with van der Waals surface area (Å²) in [6, 6.07) is 7.51. The predicted molar refractivity (Wildman–Crippen MR) is 60.0 cm³/mol. The van der Waals surface area contributed by atoms with Crippen molar-refractivity contribution in [3.8, 4) is 0 Å². The van der Waals surface area contributed by atoms with Crippen molar-refractivity contribution in [1.82, 2.24) is 0 Å². The molecule has 0 radical (unpaired) electrons. The Labute approximate surface area is 94.0 Å². The van der Waals surface area contributed by atoms with Crippen molar-refractivity contribution in [3.63, 3.8) is 0 Å². The van der Waals surface area contributed by atoms with Crippen LogP contribution < -0.4 is 0 Å². The van der Waals surface area contributed by atoms with Crippen molar-refractivity contribution in [1.29, 1.82) is 0 Å². The Morgan fingerprint density at radius 3 is 2.86 bits per heavy atom. The van der Waals surface area contributed by atoms with Crippen molar-refractivity contribution in [2.24, 2.45) is 0 Å². The number of rotatable bonds is 5. The first-order valence-corrected chi connectivity index (χ1v) is 5.38. The number of aldehydes is 1. The number of alkyl halides is 1. The summed E-state index contributed by atoms with van der Waals surface area (Å²) in [6.07, 6.45) is 3.12. The maximum atomic E-state index is 10.1. The van der Waals surface area contributed by atoms with E-state index in [1.807, 2.05) is 24.3 Å². The van der Waals surface area contributed by atoms with Crippen LogP contribution in [-0.4, -0.2) is 6.29 Å². The van der Waals surface area contributed by atoms with E-state index in [1.54, 1.807) is 0 Å². The Morgan fingerprint density at radius 2 is 2.21 bits per heavy atom. The first-order valence-electron chi connectivity index (χ1n) is 4.57. The number of unbranched alkanes of at least 4 members (excludes halogenated alkanes) is 1. The van der Waals surface area contributed by atoms with E-state index in [4.69, 9.17) is 23.2 Å². The highest BCUT2D eigenvalue weighted by Crippen LogP contribution is 2.27. The van der Waals surface area contributed by atoms with E-state index in [2.05, 4.69) is 0 Å². The molecule has 0 saturated carbocycles. The average molecular weight is 231 g/mol. The smallest absolute Gasteiger partial charge is 0.119 e. The van der Waals surface area contributed by atoms with E-state index in [0.717, 1.165) is 24.7 Å². The van der Waals surface area contributed by atoms with Gasteiger partial charge in [0.1, 0.15) is 6.29 Å². The normalized spacial score (nSPS) is 12.4. The number of carbonyl (C=O) groups excluding carboxylic acids is 1. The highest BCUT2D eigenvalue weighted by Gasteiger charge is 2.07. The van der Waals surface area contributed by atoms with Crippen LogP contribution in [-0.2, 0) is 4.79 Å². The second-order valence-corrected chi connectivity index (χ2v) is 4.08. The minimum Gasteiger partial charge on any atom is -0.303 e. The standard InChI is InChI=1S/C11H12Cl2O/c12-10-5-3-4-9(8-10)11(13)6-1-2-7-14/h3-5,7-8,11H,1-2,6H2. The predicted octanol–water partition coefficient (Wildman–Crippen LogP) is 3.99. The zero-order valence-corrected chi connectivity index (χ0v) is 9.26. The van der Waals surface area contributed by atoms with Gasteiger partial charge in [0.2, 0.25) is 0 Å². The summed E-state index contributed by atoms with van der Waals surface area (Å²) >= 11 is 12.0. The van der Waals surface area contributed by atoms with Gasteiger partial charge in [-0.15, -0.1) is 11.6 Å². The minimum atomic E-state index is -0.0475. The summed E-state index contributed by atoms with van der Waals surface area (Å²) in [5.41, 5.74) is 1.02. The van der Waals surface area contributed by atoms with Gasteiger partial charge < -0.3 is 4.79 Å². The average Bonchev–Trinajstić information content (AvgIpc) is 2.18. The summed E-state index contributed by atoms with van der Waals surface area (Å²) in [5, 5.41) is 0.650. The first-order chi connectivity index (χ1) is 6.74. The van der Waals surface area contributed by atoms with Crippen LogP contribution in [0.15, 0.2) is 24.3 Å². The third-order valence-corrected chi connectivity index (χ3v) is 2.70. The number of benzene rings is 1. The Bertz CT molecular complexity index is 299. The maximum Gasteiger partial charge on any atom is 0.119 e. The van der Waals surface area contributed by atoms with E-state index < -0.39 is 0 Å². The molecule has 1 aromatic carbocycles. The molecule has 1 unspecified atom stereocenters. The van der Waals surface area contributed by atoms with Gasteiger partial charge in [-0.3, -0.25) is 0 Å². The molecule has 0 heterocycles. The molecule has 0 aliphatic rings. The lowest BCUT2D eigenvalue weighted by Gasteiger charge is -2.08. The second-order valence-electron chi connectivity index (χ2n) is 3.12. The molecule has 1 rings (SSSR count). The lowest BCUT2D eigenvalue weighted by molar-refractivity contribution is -0.107. The molecule has 0 saturated heterocycles. The molecule has 3 heteroatoms. The third kappa shape index (κ3) is 3.69. The molecule has 0 spiro atoms. The van der Waals surface area contributed by atoms with E-state index in [0.29, 0.717) is 11.4 Å². The first kappa shape index (κ1) is 11.5. The number of halogens is 2. The van der Waals surface area contributed by atoms with Gasteiger partial charge in [0.15, 0.2) is 0 Å². The molecule has 1 nitrogen and oxygen atoms in total. The monoisotopic (exact) mass is 230 g/mol. The third-order valence-electron chi connectivity index (χ3n) is 1.99. The zero-order chi connectivity index (χ0) is 10.4. The summed E-state index contributed by atoms with van der Waals surface area (Å²) < 4.78 is 0. The number of carbonyl (C=O) groups is 1. The summed E-state index contributed by atoms with van der Waals surface area (Å²) in [4.78, 5) is 10.1. The fourth-order valence-corrected chi connectivity index (χ4v) is 1.74. The van der Waals surface area contributed by atoms with Crippen LogP contribution in [0.3, 0.4) is 0 Å². The van der Waals surface area contributed by atoms with E-state index in [1.165, 1.54) is 0 Å². The van der Waals surface area contributed by atoms with Crippen LogP contribution in [0, 0.1) is 0 Å². The Morgan fingerprint density at radius 1 is 1.43 bits per heavy atom. The summed E-state index contributed by atoms with van der Waals surface area (Å²) in [6.45, 7) is 0. The highest BCUT2D eigenvalue weighted by atomic mass is 35.5. The van der Waals surface area contributed by atoms with Crippen LogP contribution in [0.2, 0.25) is 5.02 Å². The van der Waals surface area contributed by atoms with E-state index in [-0.39, 0.29) is 5.38 Å². The van der Waals surface area contributed by atoms with Gasteiger partial charge >= 0.3 is 0 Å². The minimum absolute atomic E-state index is 0.0475. The molecule has 0 N–H and O–H groups in total. The SMILES string of the molecule is O=CCCCC(Cl)c1cccc(Cl)c1. The maximum absolute atomic E-state index is 10.1. The molecular weight excluding hydrogens is 219 g/mol. The molecule has 1 atom stereocenters. The van der Waals surface area contributed by atoms with Gasteiger partial charge in [-0.05, 0) is 30.5 Å². The van der Waals surface area contributed by atoms with Crippen LogP contribution >= 0.6 is 23.2 Å². The van der Waals surface area contributed by atoms with Gasteiger partial charge in [0.05, 0.1) is 5.38 Å². The summed E-state index contributed by atoms with van der Waals surface area (Å²) in [7, 11) is 0. The molecule has 0 amide bonds. The van der Waals surface area contributed by atoms with Crippen LogP contribution in [0.1, 0.15) is 30.2 Å². The van der Waals surface area contributed by atoms with Gasteiger partial charge in [-0.1, -0.05) is 23.7 Å². The fraction of sp³-hybridized carbons (Fsp3) is 0.364. The van der Waals surface area contributed by atoms with Crippen LogP contribution in [0.4, 0.5) is 0 Å². The van der Waals surface area contributed by atoms with Crippen LogP contribution in [0.25, 0.3) is 0 Å². The Hall–Kier alpha value is -0.530. The Kier molecular flexibility index (Phi) is 4.99. The van der Waals surface area contributed by atoms with Crippen molar-refractivity contribution in [2.75, 3.05) is 0 Å². The molecule has 0 aromatic heterocycles. The topological polar surface area (TPSA) is 17.1 Å². The number of hydrogen-bond donors (Lipinski definition) is 0. The van der Waals surface area contributed by atoms with Gasteiger partial charge in [0, 0.05) is 11.4 Å². The summed E-state index contributed by atoms with van der Waals surface area (Å²) in [5.74, 6) is 0. The zero-order valence-electron chi connectivity index (χ0n) is 7.75. The molecule has 76 valence electrons. The lowest BCUT2D eigenvalue weighted by atomic mass is 10.1. The second kappa shape index (κ2) is 6.05.